The Morgan fingerprint density at radius 2 is 2.39 bits per heavy atom. The number of nitrogens with zero attached hydrogens (tertiary/aromatic N) is 3. The number of unbranched alkanes of at least 4 members (excludes halogenated alkanes) is 1. The maximum atomic E-state index is 4.70. The Morgan fingerprint density at radius 1 is 1.56 bits per heavy atom. The minimum atomic E-state index is 0.584. The van der Waals surface area contributed by atoms with Gasteiger partial charge in [0.25, 0.3) is 0 Å². The lowest BCUT2D eigenvalue weighted by Crippen LogP contribution is -2.45. The van der Waals surface area contributed by atoms with Gasteiger partial charge in [-0.25, -0.2) is 4.98 Å². The smallest absolute Gasteiger partial charge is 0.205 e. The maximum Gasteiger partial charge on any atom is 0.205 e. The number of anilines is 1. The van der Waals surface area contributed by atoms with Gasteiger partial charge in [-0.15, -0.1) is 0 Å². The van der Waals surface area contributed by atoms with Gasteiger partial charge in [0, 0.05) is 32.4 Å². The highest BCUT2D eigenvalue weighted by Crippen LogP contribution is 2.19. The number of hydrogen-bond acceptors (Lipinski definition) is 3. The summed E-state index contributed by atoms with van der Waals surface area (Å²) in [5, 5.41) is 3.48. The summed E-state index contributed by atoms with van der Waals surface area (Å²) in [5.74, 6) is 1.13. The van der Waals surface area contributed by atoms with Crippen LogP contribution in [0.25, 0.3) is 0 Å². The van der Waals surface area contributed by atoms with Crippen LogP contribution in [0.3, 0.4) is 0 Å². The average molecular weight is 250 g/mol. The first-order valence-corrected chi connectivity index (χ1v) is 7.19. The van der Waals surface area contributed by atoms with E-state index in [1.54, 1.807) is 0 Å². The number of aryl methyl sites for hydroxylation is 2. The maximum absolute atomic E-state index is 4.70. The van der Waals surface area contributed by atoms with Gasteiger partial charge in [-0.2, -0.15) is 0 Å². The van der Waals surface area contributed by atoms with Crippen LogP contribution in [-0.2, 0) is 6.54 Å². The third-order valence-corrected chi connectivity index (χ3v) is 3.76. The normalized spacial score (nSPS) is 20.1. The molecule has 102 valence electrons. The van der Waals surface area contributed by atoms with Gasteiger partial charge in [-0.3, -0.25) is 0 Å². The molecule has 4 heteroatoms. The minimum absolute atomic E-state index is 0.584. The van der Waals surface area contributed by atoms with Crippen LogP contribution in [0, 0.1) is 6.92 Å². The Hall–Kier alpha value is -1.03. The second-order valence-electron chi connectivity index (χ2n) is 5.34. The van der Waals surface area contributed by atoms with Crippen molar-refractivity contribution in [1.29, 1.82) is 0 Å². The first kappa shape index (κ1) is 13.4. The lowest BCUT2D eigenvalue weighted by Gasteiger charge is -2.32. The second-order valence-corrected chi connectivity index (χ2v) is 5.34. The first-order chi connectivity index (χ1) is 8.72. The number of nitrogens with one attached hydrogen (secondary N) is 1. The Morgan fingerprint density at radius 3 is 3.06 bits per heavy atom. The summed E-state index contributed by atoms with van der Waals surface area (Å²) in [7, 11) is 2.18. The van der Waals surface area contributed by atoms with E-state index in [1.165, 1.54) is 25.7 Å². The summed E-state index contributed by atoms with van der Waals surface area (Å²) in [6.07, 6.45) is 7.16. The van der Waals surface area contributed by atoms with Crippen molar-refractivity contribution in [1.82, 2.24) is 14.9 Å². The number of imidazole rings is 1. The van der Waals surface area contributed by atoms with E-state index in [0.29, 0.717) is 6.04 Å². The van der Waals surface area contributed by atoms with Crippen molar-refractivity contribution in [3.63, 3.8) is 0 Å². The molecule has 4 nitrogen and oxygen atoms in total. The summed E-state index contributed by atoms with van der Waals surface area (Å²) < 4.78 is 2.31. The van der Waals surface area contributed by atoms with Crippen molar-refractivity contribution in [3.8, 4) is 0 Å². The van der Waals surface area contributed by atoms with Gasteiger partial charge in [0.1, 0.15) is 0 Å². The predicted molar refractivity (Wildman–Crippen MR) is 76.2 cm³/mol. The van der Waals surface area contributed by atoms with Crippen molar-refractivity contribution in [2.75, 3.05) is 25.0 Å². The monoisotopic (exact) mass is 250 g/mol. The fraction of sp³-hybridized carbons (Fsp3) is 0.786. The highest BCUT2D eigenvalue weighted by Gasteiger charge is 2.21. The molecule has 1 fully saturated rings. The SMILES string of the molecule is CCCCn1cc(C)nc1N(C)C1CCCNC1. The number of rotatable bonds is 5. The van der Waals surface area contributed by atoms with Crippen LogP contribution in [0.1, 0.15) is 38.3 Å². The molecule has 1 aliphatic heterocycles. The van der Waals surface area contributed by atoms with Crippen molar-refractivity contribution >= 4 is 5.95 Å². The highest BCUT2D eigenvalue weighted by atomic mass is 15.3. The van der Waals surface area contributed by atoms with Gasteiger partial charge in [0.2, 0.25) is 5.95 Å². The molecule has 1 N–H and O–H groups in total. The standard InChI is InChI=1S/C14H26N4/c1-4-5-9-18-11-12(2)16-14(18)17(3)13-7-6-8-15-10-13/h11,13,15H,4-10H2,1-3H3. The van der Waals surface area contributed by atoms with E-state index in [2.05, 4.69) is 41.9 Å². The van der Waals surface area contributed by atoms with E-state index >= 15 is 0 Å². The fourth-order valence-corrected chi connectivity index (χ4v) is 2.64. The lowest BCUT2D eigenvalue weighted by molar-refractivity contribution is 0.437. The molecule has 0 amide bonds. The molecule has 0 saturated carbocycles. The molecule has 18 heavy (non-hydrogen) atoms. The van der Waals surface area contributed by atoms with Gasteiger partial charge < -0.3 is 14.8 Å². The number of hydrogen-bond donors (Lipinski definition) is 1. The van der Waals surface area contributed by atoms with Crippen LogP contribution in [0.15, 0.2) is 6.20 Å². The highest BCUT2D eigenvalue weighted by molar-refractivity contribution is 5.34. The molecule has 1 saturated heterocycles. The van der Waals surface area contributed by atoms with E-state index in [9.17, 15) is 0 Å². The van der Waals surface area contributed by atoms with Gasteiger partial charge in [0.15, 0.2) is 0 Å². The van der Waals surface area contributed by atoms with Crippen molar-refractivity contribution in [2.24, 2.45) is 0 Å². The van der Waals surface area contributed by atoms with Crippen LogP contribution < -0.4 is 10.2 Å². The van der Waals surface area contributed by atoms with E-state index in [4.69, 9.17) is 4.98 Å². The van der Waals surface area contributed by atoms with Crippen molar-refractivity contribution in [2.45, 2.75) is 52.1 Å². The second kappa shape index (κ2) is 6.23. The molecule has 0 aromatic carbocycles. The molecule has 0 radical (unpaired) electrons. The van der Waals surface area contributed by atoms with Crippen LogP contribution in [0.5, 0.6) is 0 Å². The minimum Gasteiger partial charge on any atom is -0.341 e. The molecule has 1 aliphatic rings. The van der Waals surface area contributed by atoms with Crippen LogP contribution >= 0.6 is 0 Å². The number of likely N-dealkylation sites (N-methyl/N-ethyl adjacent to an activating group) is 1. The molecular weight excluding hydrogens is 224 g/mol. The van der Waals surface area contributed by atoms with E-state index in [0.717, 1.165) is 31.3 Å². The van der Waals surface area contributed by atoms with E-state index in [1.807, 2.05) is 0 Å². The largest absolute Gasteiger partial charge is 0.341 e. The number of piperidine rings is 1. The topological polar surface area (TPSA) is 33.1 Å². The molecule has 2 rings (SSSR count). The molecule has 1 unspecified atom stereocenters. The summed E-state index contributed by atoms with van der Waals surface area (Å²) in [4.78, 5) is 7.06. The molecule has 0 aliphatic carbocycles. The van der Waals surface area contributed by atoms with Gasteiger partial charge >= 0.3 is 0 Å². The van der Waals surface area contributed by atoms with Gasteiger partial charge in [-0.1, -0.05) is 13.3 Å². The molecule has 0 spiro atoms. The Balaban J connectivity index is 2.09. The summed E-state index contributed by atoms with van der Waals surface area (Å²) in [6, 6.07) is 0.584. The summed E-state index contributed by atoms with van der Waals surface area (Å²) in [5.41, 5.74) is 1.12. The van der Waals surface area contributed by atoms with Crippen molar-refractivity contribution in [3.05, 3.63) is 11.9 Å². The van der Waals surface area contributed by atoms with Gasteiger partial charge in [0.05, 0.1) is 5.69 Å². The Labute approximate surface area is 110 Å². The Bertz CT molecular complexity index is 366. The quantitative estimate of drug-likeness (QED) is 0.869. The van der Waals surface area contributed by atoms with Gasteiger partial charge in [-0.05, 0) is 32.7 Å². The Kier molecular flexibility index (Phi) is 4.64. The molecule has 0 bridgehead atoms. The lowest BCUT2D eigenvalue weighted by atomic mass is 10.1. The summed E-state index contributed by atoms with van der Waals surface area (Å²) in [6.45, 7) is 7.64. The van der Waals surface area contributed by atoms with E-state index in [-0.39, 0.29) is 0 Å². The molecule has 2 heterocycles. The molecule has 1 aromatic heterocycles. The third-order valence-electron chi connectivity index (χ3n) is 3.76. The van der Waals surface area contributed by atoms with Crippen LogP contribution in [0.2, 0.25) is 0 Å². The van der Waals surface area contributed by atoms with Crippen molar-refractivity contribution < 1.29 is 0 Å². The molecule has 1 aromatic rings. The zero-order valence-electron chi connectivity index (χ0n) is 11.9. The van der Waals surface area contributed by atoms with Crippen LogP contribution in [-0.4, -0.2) is 35.7 Å². The van der Waals surface area contributed by atoms with Crippen LogP contribution in [0.4, 0.5) is 5.95 Å². The summed E-state index contributed by atoms with van der Waals surface area (Å²) >= 11 is 0. The third kappa shape index (κ3) is 3.05. The molecule has 1 atom stereocenters. The number of aromatic nitrogens is 2. The average Bonchev–Trinajstić information content (AvgIpc) is 2.77. The molecular formula is C14H26N4. The zero-order chi connectivity index (χ0) is 13.0. The first-order valence-electron chi connectivity index (χ1n) is 7.19. The zero-order valence-corrected chi connectivity index (χ0v) is 11.9. The van der Waals surface area contributed by atoms with E-state index < -0.39 is 0 Å². The predicted octanol–water partition coefficient (Wildman–Crippen LogP) is 2.18. The fourth-order valence-electron chi connectivity index (χ4n) is 2.64.